The summed E-state index contributed by atoms with van der Waals surface area (Å²) < 4.78 is 33.2. The summed E-state index contributed by atoms with van der Waals surface area (Å²) in [7, 11) is -3.39. The van der Waals surface area contributed by atoms with E-state index in [1.807, 2.05) is 10.5 Å². The topological polar surface area (TPSA) is 75.9 Å². The quantitative estimate of drug-likeness (QED) is 0.638. The summed E-state index contributed by atoms with van der Waals surface area (Å²) in [5.41, 5.74) is 3.61. The third-order valence-electron chi connectivity index (χ3n) is 4.68. The number of hydrogen-bond donors (Lipinski definition) is 1. The zero-order chi connectivity index (χ0) is 20.6. The number of rotatable bonds is 5. The third kappa shape index (κ3) is 4.67. The van der Waals surface area contributed by atoms with E-state index in [2.05, 4.69) is 9.62 Å². The van der Waals surface area contributed by atoms with Crippen LogP contribution >= 0.6 is 23.2 Å². The van der Waals surface area contributed by atoms with Crippen molar-refractivity contribution in [2.75, 3.05) is 37.3 Å². The van der Waals surface area contributed by atoms with Gasteiger partial charge in [-0.2, -0.15) is 0 Å². The van der Waals surface area contributed by atoms with E-state index in [1.54, 1.807) is 30.5 Å². The van der Waals surface area contributed by atoms with Crippen molar-refractivity contribution in [1.82, 2.24) is 14.3 Å². The second kappa shape index (κ2) is 8.12. The Balaban J connectivity index is 1.85. The molecule has 0 unspecified atom stereocenters. The minimum Gasteiger partial charge on any atom is -0.379 e. The highest BCUT2D eigenvalue weighted by Gasteiger charge is 2.21. The summed E-state index contributed by atoms with van der Waals surface area (Å²) in [6.45, 7) is 3.59. The van der Waals surface area contributed by atoms with Crippen LogP contribution in [0.3, 0.4) is 0 Å². The zero-order valence-electron chi connectivity index (χ0n) is 15.7. The highest BCUT2D eigenvalue weighted by Crippen LogP contribution is 2.33. The molecule has 10 heteroatoms. The molecule has 29 heavy (non-hydrogen) atoms. The maximum atomic E-state index is 11.7. The Morgan fingerprint density at radius 2 is 1.93 bits per heavy atom. The van der Waals surface area contributed by atoms with E-state index in [9.17, 15) is 8.42 Å². The van der Waals surface area contributed by atoms with Gasteiger partial charge in [-0.05, 0) is 30.3 Å². The average molecular weight is 455 g/mol. The lowest BCUT2D eigenvalue weighted by atomic mass is 10.1. The summed E-state index contributed by atoms with van der Waals surface area (Å²) in [5, 5.41) is 1.07. The first-order chi connectivity index (χ1) is 13.8. The Kier molecular flexibility index (Phi) is 5.72. The van der Waals surface area contributed by atoms with Gasteiger partial charge in [0.2, 0.25) is 10.0 Å². The van der Waals surface area contributed by atoms with Gasteiger partial charge in [0.05, 0.1) is 41.6 Å². The molecule has 0 spiro atoms. The number of pyridine rings is 1. The van der Waals surface area contributed by atoms with Gasteiger partial charge >= 0.3 is 0 Å². The van der Waals surface area contributed by atoms with E-state index < -0.39 is 10.0 Å². The SMILES string of the molecule is CS(=O)(=O)Nc1ccc2nc(-c3ccc(Cl)cc3Cl)c(CN3CCOCC3)n2c1. The lowest BCUT2D eigenvalue weighted by Gasteiger charge is -2.26. The van der Waals surface area contributed by atoms with Gasteiger partial charge in [0.15, 0.2) is 0 Å². The van der Waals surface area contributed by atoms with Crippen LogP contribution in [0.15, 0.2) is 36.5 Å². The average Bonchev–Trinajstić information content (AvgIpc) is 2.99. The van der Waals surface area contributed by atoms with Crippen LogP contribution in [0, 0.1) is 0 Å². The van der Waals surface area contributed by atoms with Crippen LogP contribution in [0.2, 0.25) is 10.0 Å². The normalized spacial score (nSPS) is 15.7. The summed E-state index contributed by atoms with van der Waals surface area (Å²) in [6.07, 6.45) is 2.87. The fourth-order valence-corrected chi connectivity index (χ4v) is 4.43. The van der Waals surface area contributed by atoms with Gasteiger partial charge in [0.1, 0.15) is 5.65 Å². The smallest absolute Gasteiger partial charge is 0.229 e. The second-order valence-electron chi connectivity index (χ2n) is 6.94. The van der Waals surface area contributed by atoms with Gasteiger partial charge in [-0.25, -0.2) is 13.4 Å². The van der Waals surface area contributed by atoms with Gasteiger partial charge in [0, 0.05) is 36.4 Å². The molecule has 3 heterocycles. The molecule has 1 saturated heterocycles. The van der Waals surface area contributed by atoms with Crippen molar-refractivity contribution in [3.8, 4) is 11.3 Å². The van der Waals surface area contributed by atoms with Crippen LogP contribution in [0.4, 0.5) is 5.69 Å². The second-order valence-corrected chi connectivity index (χ2v) is 9.53. The molecule has 0 amide bonds. The fourth-order valence-electron chi connectivity index (χ4n) is 3.39. The van der Waals surface area contributed by atoms with Crippen molar-refractivity contribution in [2.24, 2.45) is 0 Å². The maximum absolute atomic E-state index is 11.7. The molecule has 4 rings (SSSR count). The van der Waals surface area contributed by atoms with Gasteiger partial charge in [-0.3, -0.25) is 14.0 Å². The fraction of sp³-hybridized carbons (Fsp3) is 0.316. The molecule has 0 radical (unpaired) electrons. The van der Waals surface area contributed by atoms with Crippen molar-refractivity contribution in [3.05, 3.63) is 52.3 Å². The predicted octanol–water partition coefficient (Wildman–Crippen LogP) is 3.51. The van der Waals surface area contributed by atoms with Crippen LogP contribution < -0.4 is 4.72 Å². The van der Waals surface area contributed by atoms with Crippen LogP contribution in [0.5, 0.6) is 0 Å². The summed E-state index contributed by atoms with van der Waals surface area (Å²) >= 11 is 12.5. The molecule has 0 aliphatic carbocycles. The number of benzene rings is 1. The Morgan fingerprint density at radius 3 is 2.62 bits per heavy atom. The molecular formula is C19H20Cl2N4O3S. The van der Waals surface area contributed by atoms with Gasteiger partial charge < -0.3 is 4.74 Å². The lowest BCUT2D eigenvalue weighted by molar-refractivity contribution is 0.0336. The van der Waals surface area contributed by atoms with E-state index in [0.717, 1.165) is 36.3 Å². The number of imidazole rings is 1. The van der Waals surface area contributed by atoms with Crippen LogP contribution in [-0.2, 0) is 21.3 Å². The first-order valence-electron chi connectivity index (χ1n) is 9.04. The first kappa shape index (κ1) is 20.4. The number of ether oxygens (including phenoxy) is 1. The molecule has 154 valence electrons. The molecule has 0 bridgehead atoms. The molecule has 1 N–H and O–H groups in total. The highest BCUT2D eigenvalue weighted by atomic mass is 35.5. The number of hydrogen-bond acceptors (Lipinski definition) is 5. The van der Waals surface area contributed by atoms with Gasteiger partial charge in [-0.15, -0.1) is 0 Å². The van der Waals surface area contributed by atoms with Crippen molar-refractivity contribution >= 4 is 44.6 Å². The van der Waals surface area contributed by atoms with E-state index in [0.29, 0.717) is 41.1 Å². The maximum Gasteiger partial charge on any atom is 0.229 e. The molecule has 1 aromatic carbocycles. The number of fused-ring (bicyclic) bond motifs is 1. The number of nitrogens with one attached hydrogen (secondary N) is 1. The van der Waals surface area contributed by atoms with E-state index in [4.69, 9.17) is 32.9 Å². The van der Waals surface area contributed by atoms with Crippen molar-refractivity contribution < 1.29 is 13.2 Å². The first-order valence-corrected chi connectivity index (χ1v) is 11.7. The zero-order valence-corrected chi connectivity index (χ0v) is 18.1. The third-order valence-corrected chi connectivity index (χ3v) is 5.84. The van der Waals surface area contributed by atoms with E-state index in [1.165, 1.54) is 0 Å². The minimum atomic E-state index is -3.39. The molecule has 0 atom stereocenters. The number of halogens is 2. The van der Waals surface area contributed by atoms with E-state index >= 15 is 0 Å². The number of nitrogens with zero attached hydrogens (tertiary/aromatic N) is 3. The minimum absolute atomic E-state index is 0.467. The summed E-state index contributed by atoms with van der Waals surface area (Å²) in [5.74, 6) is 0. The van der Waals surface area contributed by atoms with Gasteiger partial charge in [-0.1, -0.05) is 23.2 Å². The Bertz CT molecular complexity index is 1160. The van der Waals surface area contributed by atoms with Gasteiger partial charge in [0.25, 0.3) is 0 Å². The molecule has 1 fully saturated rings. The largest absolute Gasteiger partial charge is 0.379 e. The molecule has 3 aromatic rings. The van der Waals surface area contributed by atoms with E-state index in [-0.39, 0.29) is 0 Å². The molecular weight excluding hydrogens is 435 g/mol. The summed E-state index contributed by atoms with van der Waals surface area (Å²) in [6, 6.07) is 8.79. The lowest BCUT2D eigenvalue weighted by Crippen LogP contribution is -2.36. The standard InChI is InChI=1S/C19H20Cl2N4O3S/c1-29(26,27)23-14-3-5-18-22-19(15-4-2-13(20)10-16(15)21)17(25(18)11-14)12-24-6-8-28-9-7-24/h2-5,10-11,23H,6-9,12H2,1H3. The number of morpholine rings is 1. The molecule has 7 nitrogen and oxygen atoms in total. The highest BCUT2D eigenvalue weighted by molar-refractivity contribution is 7.92. The number of sulfonamides is 1. The molecule has 1 aliphatic heterocycles. The van der Waals surface area contributed by atoms with Crippen molar-refractivity contribution in [2.45, 2.75) is 6.54 Å². The van der Waals surface area contributed by atoms with Crippen LogP contribution in [-0.4, -0.2) is 55.3 Å². The van der Waals surface area contributed by atoms with Crippen molar-refractivity contribution in [1.29, 1.82) is 0 Å². The number of anilines is 1. The Labute approximate surface area is 179 Å². The molecule has 2 aromatic heterocycles. The van der Waals surface area contributed by atoms with Crippen LogP contribution in [0.1, 0.15) is 5.69 Å². The van der Waals surface area contributed by atoms with Crippen molar-refractivity contribution in [3.63, 3.8) is 0 Å². The van der Waals surface area contributed by atoms with Crippen LogP contribution in [0.25, 0.3) is 16.9 Å². The molecule has 0 saturated carbocycles. The Morgan fingerprint density at radius 1 is 1.17 bits per heavy atom. The summed E-state index contributed by atoms with van der Waals surface area (Å²) in [4.78, 5) is 7.05. The number of aromatic nitrogens is 2. The predicted molar refractivity (Wildman–Crippen MR) is 115 cm³/mol. The Hall–Kier alpha value is -1.84. The monoisotopic (exact) mass is 454 g/mol. The molecule has 1 aliphatic rings.